The monoisotopic (exact) mass is 349 g/mol. The highest BCUT2D eigenvalue weighted by Crippen LogP contribution is 2.36. The highest BCUT2D eigenvalue weighted by Gasteiger charge is 2.36. The van der Waals surface area contributed by atoms with Gasteiger partial charge in [0.05, 0.1) is 31.3 Å². The molecular formula is C17H19NO5S. The van der Waals surface area contributed by atoms with Crippen LogP contribution in [0.15, 0.2) is 47.4 Å². The van der Waals surface area contributed by atoms with Crippen molar-refractivity contribution >= 4 is 10.0 Å². The van der Waals surface area contributed by atoms with Crippen LogP contribution in [0.2, 0.25) is 0 Å². The average Bonchev–Trinajstić information content (AvgIpc) is 2.59. The maximum Gasteiger partial charge on any atom is 0.241 e. The highest BCUT2D eigenvalue weighted by molar-refractivity contribution is 7.89. The van der Waals surface area contributed by atoms with Gasteiger partial charge in [-0.25, -0.2) is 13.1 Å². The number of hydrogen-bond donors (Lipinski definition) is 2. The smallest absolute Gasteiger partial charge is 0.241 e. The van der Waals surface area contributed by atoms with Crippen LogP contribution in [0.3, 0.4) is 0 Å². The van der Waals surface area contributed by atoms with E-state index >= 15 is 0 Å². The molecule has 0 aromatic heterocycles. The first-order valence-electron chi connectivity index (χ1n) is 7.47. The molecule has 0 radical (unpaired) electrons. The number of fused-ring (bicyclic) bond motifs is 1. The normalized spacial score (nSPS) is 21.8. The Labute approximate surface area is 141 Å². The van der Waals surface area contributed by atoms with Crippen molar-refractivity contribution in [3.05, 3.63) is 53.6 Å². The minimum atomic E-state index is -3.66. The SMILES string of the molecule is COc1cccc(C[C@@H]2NS(=O)(=O)c3ccccc3[C@@H]2O)c1OC. The van der Waals surface area contributed by atoms with E-state index in [9.17, 15) is 13.5 Å². The zero-order chi connectivity index (χ0) is 17.3. The van der Waals surface area contributed by atoms with Crippen LogP contribution in [0.25, 0.3) is 0 Å². The molecule has 3 rings (SSSR count). The summed E-state index contributed by atoms with van der Waals surface area (Å²) < 4.78 is 38.0. The summed E-state index contributed by atoms with van der Waals surface area (Å²) in [6.07, 6.45) is -0.671. The minimum Gasteiger partial charge on any atom is -0.493 e. The summed E-state index contributed by atoms with van der Waals surface area (Å²) in [6.45, 7) is 0. The Bertz CT molecular complexity index is 850. The fourth-order valence-corrected chi connectivity index (χ4v) is 4.51. The topological polar surface area (TPSA) is 84.9 Å². The number of ether oxygens (including phenoxy) is 2. The molecule has 0 amide bonds. The molecule has 0 saturated carbocycles. The Morgan fingerprint density at radius 1 is 1.08 bits per heavy atom. The Balaban J connectivity index is 1.98. The van der Waals surface area contributed by atoms with Crippen LogP contribution in [0, 0.1) is 0 Å². The van der Waals surface area contributed by atoms with Gasteiger partial charge in [-0.2, -0.15) is 0 Å². The van der Waals surface area contributed by atoms with Gasteiger partial charge in [0.1, 0.15) is 0 Å². The van der Waals surface area contributed by atoms with E-state index in [-0.39, 0.29) is 11.3 Å². The van der Waals surface area contributed by atoms with Crippen molar-refractivity contribution in [2.75, 3.05) is 14.2 Å². The summed E-state index contributed by atoms with van der Waals surface area (Å²) in [5.41, 5.74) is 1.16. The third kappa shape index (κ3) is 2.86. The molecule has 1 heterocycles. The van der Waals surface area contributed by atoms with E-state index in [0.717, 1.165) is 5.56 Å². The molecular weight excluding hydrogens is 330 g/mol. The van der Waals surface area contributed by atoms with Crippen molar-refractivity contribution in [3.8, 4) is 11.5 Å². The predicted octanol–water partition coefficient (Wildman–Crippen LogP) is 1.64. The first-order chi connectivity index (χ1) is 11.5. The van der Waals surface area contributed by atoms with E-state index in [0.29, 0.717) is 17.1 Å². The van der Waals surface area contributed by atoms with Gasteiger partial charge in [-0.1, -0.05) is 30.3 Å². The lowest BCUT2D eigenvalue weighted by molar-refractivity contribution is 0.131. The molecule has 0 saturated heterocycles. The molecule has 2 aromatic carbocycles. The number of sulfonamides is 1. The van der Waals surface area contributed by atoms with Crippen LogP contribution < -0.4 is 14.2 Å². The van der Waals surface area contributed by atoms with Gasteiger partial charge >= 0.3 is 0 Å². The summed E-state index contributed by atoms with van der Waals surface area (Å²) in [4.78, 5) is 0.117. The first-order valence-corrected chi connectivity index (χ1v) is 8.95. The van der Waals surface area contributed by atoms with Gasteiger partial charge in [-0.15, -0.1) is 0 Å². The minimum absolute atomic E-state index is 0.117. The van der Waals surface area contributed by atoms with Gasteiger partial charge in [0.25, 0.3) is 0 Å². The molecule has 2 aromatic rings. The molecule has 2 atom stereocenters. The first kappa shape index (κ1) is 16.8. The number of aliphatic hydroxyl groups excluding tert-OH is 1. The molecule has 0 unspecified atom stereocenters. The number of methoxy groups -OCH3 is 2. The summed E-state index contributed by atoms with van der Waals surface area (Å²) in [6, 6.07) is 11.2. The molecule has 0 aliphatic carbocycles. The van der Waals surface area contributed by atoms with Crippen LogP contribution in [-0.2, 0) is 16.4 Å². The summed E-state index contributed by atoms with van der Waals surface area (Å²) in [7, 11) is -0.598. The zero-order valence-electron chi connectivity index (χ0n) is 13.4. The Morgan fingerprint density at radius 2 is 1.83 bits per heavy atom. The van der Waals surface area contributed by atoms with E-state index in [1.807, 2.05) is 6.07 Å². The van der Waals surface area contributed by atoms with Crippen molar-refractivity contribution in [3.63, 3.8) is 0 Å². The van der Waals surface area contributed by atoms with E-state index < -0.39 is 22.2 Å². The molecule has 0 fully saturated rings. The third-order valence-electron chi connectivity index (χ3n) is 4.14. The zero-order valence-corrected chi connectivity index (χ0v) is 14.2. The van der Waals surface area contributed by atoms with Crippen molar-refractivity contribution < 1.29 is 23.0 Å². The van der Waals surface area contributed by atoms with Crippen molar-refractivity contribution in [1.29, 1.82) is 0 Å². The molecule has 128 valence electrons. The third-order valence-corrected chi connectivity index (χ3v) is 5.70. The van der Waals surface area contributed by atoms with Gasteiger partial charge in [-0.3, -0.25) is 0 Å². The fourth-order valence-electron chi connectivity index (χ4n) is 3.02. The lowest BCUT2D eigenvalue weighted by atomic mass is 9.96. The van der Waals surface area contributed by atoms with Gasteiger partial charge in [0.2, 0.25) is 10.0 Å². The molecule has 24 heavy (non-hydrogen) atoms. The van der Waals surface area contributed by atoms with Crippen molar-refractivity contribution in [1.82, 2.24) is 4.72 Å². The van der Waals surface area contributed by atoms with Gasteiger partial charge in [0.15, 0.2) is 11.5 Å². The van der Waals surface area contributed by atoms with E-state index in [4.69, 9.17) is 9.47 Å². The van der Waals surface area contributed by atoms with Gasteiger partial charge < -0.3 is 14.6 Å². The summed E-state index contributed by atoms with van der Waals surface area (Å²) in [5, 5.41) is 10.6. The van der Waals surface area contributed by atoms with Gasteiger partial charge in [0, 0.05) is 5.56 Å². The van der Waals surface area contributed by atoms with Crippen LogP contribution in [-0.4, -0.2) is 33.8 Å². The van der Waals surface area contributed by atoms with Crippen LogP contribution in [0.5, 0.6) is 11.5 Å². The molecule has 2 N–H and O–H groups in total. The number of nitrogens with one attached hydrogen (secondary N) is 1. The number of hydrogen-bond acceptors (Lipinski definition) is 5. The van der Waals surface area contributed by atoms with Gasteiger partial charge in [-0.05, 0) is 24.1 Å². The second kappa shape index (κ2) is 6.43. The van der Waals surface area contributed by atoms with E-state index in [1.54, 1.807) is 30.3 Å². The van der Waals surface area contributed by atoms with Crippen LogP contribution in [0.4, 0.5) is 0 Å². The van der Waals surface area contributed by atoms with Crippen LogP contribution >= 0.6 is 0 Å². The number of aliphatic hydroxyl groups is 1. The molecule has 6 nitrogen and oxygen atoms in total. The quantitative estimate of drug-likeness (QED) is 0.877. The number of benzene rings is 2. The average molecular weight is 349 g/mol. The lowest BCUT2D eigenvalue weighted by Crippen LogP contribution is -2.45. The Kier molecular flexibility index (Phi) is 4.49. The second-order valence-corrected chi connectivity index (χ2v) is 7.25. The number of rotatable bonds is 4. The fraction of sp³-hybridized carbons (Fsp3) is 0.294. The largest absolute Gasteiger partial charge is 0.493 e. The summed E-state index contributed by atoms with van der Waals surface area (Å²) >= 11 is 0. The molecule has 0 spiro atoms. The standard InChI is InChI=1S/C17H19NO5S/c1-22-14-8-5-6-11(17(14)23-2)10-13-16(19)12-7-3-4-9-15(12)24(20,21)18-13/h3-9,13,16,18-19H,10H2,1-2H3/t13-,16-/m0/s1. The van der Waals surface area contributed by atoms with Crippen molar-refractivity contribution in [2.45, 2.75) is 23.5 Å². The molecule has 0 bridgehead atoms. The van der Waals surface area contributed by atoms with Crippen molar-refractivity contribution in [2.24, 2.45) is 0 Å². The van der Waals surface area contributed by atoms with E-state index in [2.05, 4.69) is 4.72 Å². The highest BCUT2D eigenvalue weighted by atomic mass is 32.2. The Hall–Kier alpha value is -2.09. The maximum atomic E-state index is 12.4. The Morgan fingerprint density at radius 3 is 2.54 bits per heavy atom. The molecule has 7 heteroatoms. The molecule has 1 aliphatic heterocycles. The van der Waals surface area contributed by atoms with E-state index in [1.165, 1.54) is 20.3 Å². The van der Waals surface area contributed by atoms with Crippen LogP contribution in [0.1, 0.15) is 17.2 Å². The summed E-state index contributed by atoms with van der Waals surface area (Å²) in [5.74, 6) is 1.09. The second-order valence-electron chi connectivity index (χ2n) is 5.57. The predicted molar refractivity (Wildman–Crippen MR) is 88.8 cm³/mol. The lowest BCUT2D eigenvalue weighted by Gasteiger charge is -2.31. The molecule has 1 aliphatic rings. The number of para-hydroxylation sites is 1. The maximum absolute atomic E-state index is 12.4.